The topological polar surface area (TPSA) is 29.3 Å². The summed E-state index contributed by atoms with van der Waals surface area (Å²) in [7, 11) is 1.86. The Kier molecular flexibility index (Phi) is 5.69. The van der Waals surface area contributed by atoms with Gasteiger partial charge in [0.2, 0.25) is 0 Å². The van der Waals surface area contributed by atoms with Gasteiger partial charge in [0.25, 0.3) is 0 Å². The highest BCUT2D eigenvalue weighted by atomic mass is 19.1. The van der Waals surface area contributed by atoms with Gasteiger partial charge in [0.15, 0.2) is 0 Å². The number of benzene rings is 1. The van der Waals surface area contributed by atoms with E-state index < -0.39 is 17.7 Å². The van der Waals surface area contributed by atoms with Crippen molar-refractivity contribution in [2.45, 2.75) is 38.8 Å². The summed E-state index contributed by atoms with van der Waals surface area (Å²) in [6.45, 7) is 4.33. The summed E-state index contributed by atoms with van der Waals surface area (Å²) in [5, 5.41) is 0. The highest BCUT2D eigenvalue weighted by Crippen LogP contribution is 2.26. The Balaban J connectivity index is 3.02. The number of likely N-dealkylation sites (N-methyl/N-ethyl adjacent to an activating group) is 1. The molecule has 0 heterocycles. The molecular weight excluding hydrogens is 234 g/mol. The Hall–Kier alpha value is -1.00. The van der Waals surface area contributed by atoms with E-state index in [1.807, 2.05) is 18.9 Å². The van der Waals surface area contributed by atoms with E-state index in [1.165, 1.54) is 18.2 Å². The summed E-state index contributed by atoms with van der Waals surface area (Å²) in [6, 6.07) is 3.74. The van der Waals surface area contributed by atoms with Crippen LogP contribution in [0.1, 0.15) is 38.3 Å². The van der Waals surface area contributed by atoms with Gasteiger partial charge in [0.1, 0.15) is 11.6 Å². The molecule has 0 amide bonds. The SMILES string of the molecule is CCCC(C)N(C)C(CN)c1c(F)cccc1F. The zero-order chi connectivity index (χ0) is 13.7. The zero-order valence-electron chi connectivity index (χ0n) is 11.3. The number of rotatable bonds is 6. The van der Waals surface area contributed by atoms with E-state index in [0.717, 1.165) is 12.8 Å². The van der Waals surface area contributed by atoms with E-state index in [1.54, 1.807) is 0 Å². The number of hydrogen-bond donors (Lipinski definition) is 1. The summed E-state index contributed by atoms with van der Waals surface area (Å²) in [5.74, 6) is -1.05. The van der Waals surface area contributed by atoms with E-state index in [0.29, 0.717) is 0 Å². The van der Waals surface area contributed by atoms with Gasteiger partial charge in [-0.1, -0.05) is 19.4 Å². The number of nitrogens with zero attached hydrogens (tertiary/aromatic N) is 1. The van der Waals surface area contributed by atoms with Crippen LogP contribution in [0.2, 0.25) is 0 Å². The van der Waals surface area contributed by atoms with Crippen molar-refractivity contribution in [1.82, 2.24) is 4.90 Å². The highest BCUT2D eigenvalue weighted by Gasteiger charge is 2.25. The lowest BCUT2D eigenvalue weighted by Gasteiger charge is -2.33. The van der Waals surface area contributed by atoms with Crippen molar-refractivity contribution in [2.24, 2.45) is 5.73 Å². The van der Waals surface area contributed by atoms with Gasteiger partial charge in [-0.15, -0.1) is 0 Å². The van der Waals surface area contributed by atoms with Crippen LogP contribution >= 0.6 is 0 Å². The molecule has 0 saturated heterocycles. The van der Waals surface area contributed by atoms with Gasteiger partial charge in [-0.3, -0.25) is 4.90 Å². The number of nitrogens with two attached hydrogens (primary N) is 1. The van der Waals surface area contributed by atoms with Crippen molar-refractivity contribution in [3.63, 3.8) is 0 Å². The molecule has 102 valence electrons. The van der Waals surface area contributed by atoms with Crippen molar-refractivity contribution in [3.05, 3.63) is 35.4 Å². The lowest BCUT2D eigenvalue weighted by molar-refractivity contribution is 0.173. The van der Waals surface area contributed by atoms with E-state index >= 15 is 0 Å². The summed E-state index contributed by atoms with van der Waals surface area (Å²) in [4.78, 5) is 1.95. The van der Waals surface area contributed by atoms with Crippen LogP contribution in [0.15, 0.2) is 18.2 Å². The first-order valence-corrected chi connectivity index (χ1v) is 6.38. The molecule has 0 bridgehead atoms. The van der Waals surface area contributed by atoms with Crippen molar-refractivity contribution < 1.29 is 8.78 Å². The van der Waals surface area contributed by atoms with Crippen LogP contribution < -0.4 is 5.73 Å². The molecule has 2 nitrogen and oxygen atoms in total. The molecule has 0 saturated carbocycles. The molecule has 0 aliphatic carbocycles. The van der Waals surface area contributed by atoms with Crippen molar-refractivity contribution >= 4 is 0 Å². The van der Waals surface area contributed by atoms with Crippen LogP contribution in [-0.4, -0.2) is 24.5 Å². The van der Waals surface area contributed by atoms with Gasteiger partial charge >= 0.3 is 0 Å². The molecule has 1 aromatic rings. The van der Waals surface area contributed by atoms with Gasteiger partial charge in [-0.2, -0.15) is 0 Å². The summed E-state index contributed by atoms with van der Waals surface area (Å²) >= 11 is 0. The Morgan fingerprint density at radius 3 is 2.28 bits per heavy atom. The molecule has 4 heteroatoms. The van der Waals surface area contributed by atoms with Crippen molar-refractivity contribution in [1.29, 1.82) is 0 Å². The normalized spacial score (nSPS) is 14.8. The van der Waals surface area contributed by atoms with Crippen molar-refractivity contribution in [3.8, 4) is 0 Å². The van der Waals surface area contributed by atoms with E-state index in [4.69, 9.17) is 5.73 Å². The fourth-order valence-corrected chi connectivity index (χ4v) is 2.25. The maximum atomic E-state index is 13.8. The molecule has 2 atom stereocenters. The molecule has 2 N–H and O–H groups in total. The minimum Gasteiger partial charge on any atom is -0.329 e. The lowest BCUT2D eigenvalue weighted by Crippen LogP contribution is -2.38. The average Bonchev–Trinajstić information content (AvgIpc) is 2.33. The molecule has 0 fully saturated rings. The molecule has 2 unspecified atom stereocenters. The predicted molar refractivity (Wildman–Crippen MR) is 70.3 cm³/mol. The van der Waals surface area contributed by atoms with Crippen molar-refractivity contribution in [2.75, 3.05) is 13.6 Å². The van der Waals surface area contributed by atoms with Crippen LogP contribution in [0.4, 0.5) is 8.78 Å². The zero-order valence-corrected chi connectivity index (χ0v) is 11.3. The Labute approximate surface area is 108 Å². The molecule has 1 rings (SSSR count). The molecular formula is C14H22F2N2. The standard InChI is InChI=1S/C14H22F2N2/c1-4-6-10(2)18(3)13(9-17)14-11(15)7-5-8-12(14)16/h5,7-8,10,13H,4,6,9,17H2,1-3H3. The van der Waals surface area contributed by atoms with Crippen LogP contribution in [0, 0.1) is 11.6 Å². The van der Waals surface area contributed by atoms with Gasteiger partial charge in [0, 0.05) is 18.2 Å². The molecule has 1 aromatic carbocycles. The third kappa shape index (κ3) is 3.27. The molecule has 0 aliphatic rings. The summed E-state index contributed by atoms with van der Waals surface area (Å²) < 4.78 is 27.5. The number of hydrogen-bond acceptors (Lipinski definition) is 2. The largest absolute Gasteiger partial charge is 0.329 e. The second-order valence-electron chi connectivity index (χ2n) is 4.69. The van der Waals surface area contributed by atoms with Crippen LogP contribution in [0.5, 0.6) is 0 Å². The molecule has 0 aromatic heterocycles. The quantitative estimate of drug-likeness (QED) is 0.847. The van der Waals surface area contributed by atoms with Gasteiger partial charge in [0.05, 0.1) is 6.04 Å². The minimum absolute atomic E-state index is 0.0745. The smallest absolute Gasteiger partial charge is 0.130 e. The van der Waals surface area contributed by atoms with Gasteiger partial charge in [-0.25, -0.2) is 8.78 Å². The fourth-order valence-electron chi connectivity index (χ4n) is 2.25. The first kappa shape index (κ1) is 15.1. The Bertz CT molecular complexity index is 362. The fraction of sp³-hybridized carbons (Fsp3) is 0.571. The van der Waals surface area contributed by atoms with E-state index in [-0.39, 0.29) is 18.2 Å². The van der Waals surface area contributed by atoms with Crippen LogP contribution in [0.3, 0.4) is 0 Å². The lowest BCUT2D eigenvalue weighted by atomic mass is 10.0. The monoisotopic (exact) mass is 256 g/mol. The predicted octanol–water partition coefficient (Wildman–Crippen LogP) is 3.09. The maximum absolute atomic E-state index is 13.8. The minimum atomic E-state index is -0.527. The summed E-state index contributed by atoms with van der Waals surface area (Å²) in [6.07, 6.45) is 2.01. The average molecular weight is 256 g/mol. The Morgan fingerprint density at radius 2 is 1.83 bits per heavy atom. The first-order valence-electron chi connectivity index (χ1n) is 6.38. The highest BCUT2D eigenvalue weighted by molar-refractivity contribution is 5.24. The second kappa shape index (κ2) is 6.81. The van der Waals surface area contributed by atoms with E-state index in [9.17, 15) is 8.78 Å². The summed E-state index contributed by atoms with van der Waals surface area (Å²) in [5.41, 5.74) is 5.78. The molecule has 0 spiro atoms. The van der Waals surface area contributed by atoms with Gasteiger partial charge in [-0.05, 0) is 32.5 Å². The second-order valence-corrected chi connectivity index (χ2v) is 4.69. The molecule has 0 radical (unpaired) electrons. The van der Waals surface area contributed by atoms with Crippen LogP contribution in [0.25, 0.3) is 0 Å². The van der Waals surface area contributed by atoms with E-state index in [2.05, 4.69) is 6.92 Å². The van der Waals surface area contributed by atoms with Gasteiger partial charge < -0.3 is 5.73 Å². The molecule has 18 heavy (non-hydrogen) atoms. The maximum Gasteiger partial charge on any atom is 0.130 e. The Morgan fingerprint density at radius 1 is 1.28 bits per heavy atom. The molecule has 0 aliphatic heterocycles. The third-order valence-electron chi connectivity index (χ3n) is 3.45. The first-order chi connectivity index (χ1) is 8.52. The third-order valence-corrected chi connectivity index (χ3v) is 3.45. The van der Waals surface area contributed by atoms with Crippen LogP contribution in [-0.2, 0) is 0 Å². The number of halogens is 2.